The van der Waals surface area contributed by atoms with Gasteiger partial charge in [0.15, 0.2) is 5.69 Å². The van der Waals surface area contributed by atoms with Crippen molar-refractivity contribution in [2.75, 3.05) is 6.54 Å². The number of aromatic nitrogens is 1. The number of carbonyl (C=O) groups excluding carboxylic acids is 2. The van der Waals surface area contributed by atoms with Gasteiger partial charge in [0.25, 0.3) is 0 Å². The zero-order valence-electron chi connectivity index (χ0n) is 11.8. The second-order valence-corrected chi connectivity index (χ2v) is 5.44. The number of amides is 2. The summed E-state index contributed by atoms with van der Waals surface area (Å²) < 4.78 is 0. The maximum Gasteiger partial charge on any atom is 0.355 e. The lowest BCUT2D eigenvalue weighted by Crippen LogP contribution is -2.23. The Hall–Kier alpha value is -1.96. The highest BCUT2D eigenvalue weighted by atomic mass is 32.1. The van der Waals surface area contributed by atoms with Crippen molar-refractivity contribution >= 4 is 29.1 Å². The number of hydrogen-bond acceptors (Lipinski definition) is 5. The number of nitrogens with one attached hydrogen (secondary N) is 2. The second kappa shape index (κ2) is 9.06. The van der Waals surface area contributed by atoms with E-state index in [0.29, 0.717) is 18.0 Å². The van der Waals surface area contributed by atoms with Crippen molar-refractivity contribution in [1.82, 2.24) is 15.6 Å². The van der Waals surface area contributed by atoms with Crippen LogP contribution in [0, 0.1) is 0 Å². The summed E-state index contributed by atoms with van der Waals surface area (Å²) in [6, 6.07) is 0. The Morgan fingerprint density at radius 3 is 2.62 bits per heavy atom. The lowest BCUT2D eigenvalue weighted by Gasteiger charge is -2.04. The quantitative estimate of drug-likeness (QED) is 0.593. The first kappa shape index (κ1) is 17.1. The van der Waals surface area contributed by atoms with Gasteiger partial charge in [0, 0.05) is 25.3 Å². The molecule has 0 fully saturated rings. The molecule has 0 unspecified atom stereocenters. The van der Waals surface area contributed by atoms with Crippen LogP contribution in [0.4, 0.5) is 0 Å². The Labute approximate surface area is 126 Å². The number of carboxylic acids is 1. The number of thiazole rings is 1. The summed E-state index contributed by atoms with van der Waals surface area (Å²) in [5, 5.41) is 16.2. The van der Waals surface area contributed by atoms with Gasteiger partial charge in [-0.1, -0.05) is 6.42 Å². The Morgan fingerprint density at radius 2 is 2.00 bits per heavy atom. The largest absolute Gasteiger partial charge is 0.476 e. The lowest BCUT2D eigenvalue weighted by atomic mass is 10.2. The smallest absolute Gasteiger partial charge is 0.355 e. The molecule has 0 aliphatic carbocycles. The summed E-state index contributed by atoms with van der Waals surface area (Å²) in [7, 11) is 0. The summed E-state index contributed by atoms with van der Waals surface area (Å²) in [5.74, 6) is -1.19. The van der Waals surface area contributed by atoms with Crippen LogP contribution in [0.3, 0.4) is 0 Å². The molecule has 0 aliphatic rings. The number of hydrogen-bond donors (Lipinski definition) is 3. The van der Waals surface area contributed by atoms with Crippen LogP contribution in [0.25, 0.3) is 0 Å². The van der Waals surface area contributed by atoms with Gasteiger partial charge in [0.2, 0.25) is 11.8 Å². The lowest BCUT2D eigenvalue weighted by molar-refractivity contribution is -0.121. The molecule has 0 atom stereocenters. The number of aromatic carboxylic acids is 1. The first-order valence-corrected chi connectivity index (χ1v) is 7.56. The number of rotatable bonds is 9. The maximum atomic E-state index is 11.6. The zero-order valence-corrected chi connectivity index (χ0v) is 12.7. The van der Waals surface area contributed by atoms with Gasteiger partial charge in [-0.2, -0.15) is 0 Å². The molecule has 0 saturated carbocycles. The van der Waals surface area contributed by atoms with Crippen LogP contribution in [-0.4, -0.2) is 34.4 Å². The van der Waals surface area contributed by atoms with Gasteiger partial charge in [0.1, 0.15) is 5.01 Å². The van der Waals surface area contributed by atoms with E-state index in [4.69, 9.17) is 5.11 Å². The molecule has 0 aliphatic heterocycles. The molecule has 0 aromatic carbocycles. The molecule has 116 valence electrons. The molecule has 2 amide bonds. The topological polar surface area (TPSA) is 108 Å². The Bertz CT molecular complexity index is 501. The molecule has 8 heteroatoms. The normalized spacial score (nSPS) is 10.1. The van der Waals surface area contributed by atoms with Gasteiger partial charge in [0.05, 0.1) is 6.54 Å². The van der Waals surface area contributed by atoms with Crippen LogP contribution in [0.1, 0.15) is 48.1 Å². The van der Waals surface area contributed by atoms with E-state index in [0.717, 1.165) is 19.3 Å². The molecule has 7 nitrogen and oxygen atoms in total. The third kappa shape index (κ3) is 7.40. The van der Waals surface area contributed by atoms with Gasteiger partial charge in [-0.15, -0.1) is 11.3 Å². The van der Waals surface area contributed by atoms with Crippen molar-refractivity contribution in [1.29, 1.82) is 0 Å². The van der Waals surface area contributed by atoms with E-state index in [9.17, 15) is 14.4 Å². The zero-order chi connectivity index (χ0) is 15.7. The average molecular weight is 313 g/mol. The molecular formula is C13H19N3O4S. The SMILES string of the molecule is CC(=O)NCCCCCC(=O)NCc1nc(C(=O)O)cs1. The van der Waals surface area contributed by atoms with Crippen LogP contribution in [-0.2, 0) is 16.1 Å². The first-order chi connectivity index (χ1) is 9.99. The predicted molar refractivity (Wildman–Crippen MR) is 78.1 cm³/mol. The molecular weight excluding hydrogens is 294 g/mol. The van der Waals surface area contributed by atoms with E-state index >= 15 is 0 Å². The molecule has 21 heavy (non-hydrogen) atoms. The van der Waals surface area contributed by atoms with Crippen LogP contribution in [0.15, 0.2) is 5.38 Å². The highest BCUT2D eigenvalue weighted by Crippen LogP contribution is 2.09. The Kier molecular flexibility index (Phi) is 7.38. The van der Waals surface area contributed by atoms with E-state index in [1.54, 1.807) is 0 Å². The van der Waals surface area contributed by atoms with Gasteiger partial charge in [-0.25, -0.2) is 9.78 Å². The second-order valence-electron chi connectivity index (χ2n) is 4.50. The van der Waals surface area contributed by atoms with Crippen molar-refractivity contribution in [3.63, 3.8) is 0 Å². The number of carboxylic acid groups (broad SMARTS) is 1. The minimum Gasteiger partial charge on any atom is -0.476 e. The van der Waals surface area contributed by atoms with E-state index in [1.807, 2.05) is 0 Å². The Morgan fingerprint density at radius 1 is 1.24 bits per heavy atom. The highest BCUT2D eigenvalue weighted by molar-refractivity contribution is 7.09. The predicted octanol–water partition coefficient (Wildman–Crippen LogP) is 1.15. The molecule has 0 spiro atoms. The summed E-state index contributed by atoms with van der Waals surface area (Å²) in [6.45, 7) is 2.36. The monoisotopic (exact) mass is 313 g/mol. The highest BCUT2D eigenvalue weighted by Gasteiger charge is 2.09. The summed E-state index contributed by atoms with van der Waals surface area (Å²) in [6.07, 6.45) is 2.89. The van der Waals surface area contributed by atoms with E-state index in [-0.39, 0.29) is 24.1 Å². The van der Waals surface area contributed by atoms with Crippen LogP contribution >= 0.6 is 11.3 Å². The summed E-state index contributed by atoms with van der Waals surface area (Å²) in [4.78, 5) is 36.7. The molecule has 1 aromatic heterocycles. The number of carbonyl (C=O) groups is 3. The van der Waals surface area contributed by atoms with Gasteiger partial charge >= 0.3 is 5.97 Å². The van der Waals surface area contributed by atoms with E-state index in [1.165, 1.54) is 23.6 Å². The van der Waals surface area contributed by atoms with Gasteiger partial charge < -0.3 is 15.7 Å². The Balaban J connectivity index is 2.10. The maximum absolute atomic E-state index is 11.6. The third-order valence-electron chi connectivity index (χ3n) is 2.66. The molecule has 1 aromatic rings. The fraction of sp³-hybridized carbons (Fsp3) is 0.538. The van der Waals surface area contributed by atoms with Crippen molar-refractivity contribution in [3.8, 4) is 0 Å². The molecule has 1 rings (SSSR count). The van der Waals surface area contributed by atoms with Gasteiger partial charge in [-0.3, -0.25) is 9.59 Å². The molecule has 0 bridgehead atoms. The van der Waals surface area contributed by atoms with Crippen molar-refractivity contribution in [2.45, 2.75) is 39.2 Å². The summed E-state index contributed by atoms with van der Waals surface area (Å²) in [5.41, 5.74) is 0.00206. The molecule has 0 radical (unpaired) electrons. The summed E-state index contributed by atoms with van der Waals surface area (Å²) >= 11 is 1.21. The third-order valence-corrected chi connectivity index (χ3v) is 3.51. The number of unbranched alkanes of at least 4 members (excludes halogenated alkanes) is 2. The standard InChI is InChI=1S/C13H19N3O4S/c1-9(17)14-6-4-2-3-5-11(18)15-7-12-16-10(8-21-12)13(19)20/h8H,2-7H2,1H3,(H,14,17)(H,15,18)(H,19,20). The minimum absolute atomic E-state index is 0.00206. The first-order valence-electron chi connectivity index (χ1n) is 6.68. The molecule has 0 saturated heterocycles. The van der Waals surface area contributed by atoms with Crippen molar-refractivity contribution in [2.24, 2.45) is 0 Å². The van der Waals surface area contributed by atoms with Crippen LogP contribution in [0.5, 0.6) is 0 Å². The van der Waals surface area contributed by atoms with Crippen molar-refractivity contribution < 1.29 is 19.5 Å². The minimum atomic E-state index is -1.07. The van der Waals surface area contributed by atoms with Crippen LogP contribution < -0.4 is 10.6 Å². The van der Waals surface area contributed by atoms with Gasteiger partial charge in [-0.05, 0) is 12.8 Å². The number of nitrogens with zero attached hydrogens (tertiary/aromatic N) is 1. The van der Waals surface area contributed by atoms with E-state index < -0.39 is 5.97 Å². The average Bonchev–Trinajstić information content (AvgIpc) is 2.89. The van der Waals surface area contributed by atoms with Crippen molar-refractivity contribution in [3.05, 3.63) is 16.1 Å². The molecule has 1 heterocycles. The van der Waals surface area contributed by atoms with Crippen LogP contribution in [0.2, 0.25) is 0 Å². The fourth-order valence-electron chi connectivity index (χ4n) is 1.60. The molecule has 3 N–H and O–H groups in total. The van der Waals surface area contributed by atoms with E-state index in [2.05, 4.69) is 15.6 Å². The fourth-order valence-corrected chi connectivity index (χ4v) is 2.31.